The van der Waals surface area contributed by atoms with E-state index in [4.69, 9.17) is 10.2 Å². The topological polar surface area (TPSA) is 81.9 Å². The zero-order valence-corrected chi connectivity index (χ0v) is 17.4. The van der Waals surface area contributed by atoms with Crippen LogP contribution in [0.25, 0.3) is 22.0 Å². The number of aromatic nitrogens is 2. The zero-order chi connectivity index (χ0) is 21.9. The third kappa shape index (κ3) is 4.01. The number of fused-ring (bicyclic) bond motifs is 1. The number of amides is 1. The van der Waals surface area contributed by atoms with Crippen molar-refractivity contribution in [2.24, 2.45) is 0 Å². The fourth-order valence-electron chi connectivity index (χ4n) is 4.03. The van der Waals surface area contributed by atoms with Crippen molar-refractivity contribution in [1.82, 2.24) is 15.3 Å². The van der Waals surface area contributed by atoms with E-state index in [1.54, 1.807) is 30.5 Å². The summed E-state index contributed by atoms with van der Waals surface area (Å²) in [6.07, 6.45) is 2.61. The van der Waals surface area contributed by atoms with Crippen molar-refractivity contribution in [3.8, 4) is 17.3 Å². The highest BCUT2D eigenvalue weighted by atomic mass is 16.1. The van der Waals surface area contributed by atoms with E-state index in [9.17, 15) is 4.79 Å². The zero-order valence-electron chi connectivity index (χ0n) is 17.4. The molecule has 5 rings (SSSR count). The van der Waals surface area contributed by atoms with Crippen LogP contribution in [0.4, 0.5) is 5.95 Å². The lowest BCUT2D eigenvalue weighted by Gasteiger charge is -2.17. The average molecular weight is 419 g/mol. The molecule has 1 N–H and O–H groups in total. The molecule has 1 fully saturated rings. The van der Waals surface area contributed by atoms with E-state index in [-0.39, 0.29) is 11.9 Å². The smallest absolute Gasteiger partial charge is 0.251 e. The Kier molecular flexibility index (Phi) is 5.22. The van der Waals surface area contributed by atoms with E-state index < -0.39 is 0 Å². The first-order chi connectivity index (χ1) is 15.7. The monoisotopic (exact) mass is 419 g/mol. The summed E-state index contributed by atoms with van der Waals surface area (Å²) < 4.78 is 0. The summed E-state index contributed by atoms with van der Waals surface area (Å²) in [4.78, 5) is 23.9. The van der Waals surface area contributed by atoms with Crippen LogP contribution >= 0.6 is 0 Å². The van der Waals surface area contributed by atoms with Crippen LogP contribution in [0.5, 0.6) is 0 Å². The fourth-order valence-corrected chi connectivity index (χ4v) is 4.03. The molecule has 6 nitrogen and oxygen atoms in total. The normalized spacial score (nSPS) is 15.5. The number of nitriles is 1. The van der Waals surface area contributed by atoms with Gasteiger partial charge < -0.3 is 10.2 Å². The second kappa shape index (κ2) is 8.48. The first-order valence-corrected chi connectivity index (χ1v) is 10.6. The van der Waals surface area contributed by atoms with Crippen molar-refractivity contribution in [1.29, 1.82) is 5.26 Å². The Morgan fingerprint density at radius 1 is 1.03 bits per heavy atom. The number of carbonyl (C=O) groups is 1. The SMILES string of the molecule is N#Cc1ccc(C(=O)N[C@H]2CCN(c3nccc(-c4ccc5ccccc5c4)n3)C2)cc1. The lowest BCUT2D eigenvalue weighted by molar-refractivity contribution is 0.0940. The summed E-state index contributed by atoms with van der Waals surface area (Å²) in [5.41, 5.74) is 3.03. The minimum Gasteiger partial charge on any atom is -0.347 e. The van der Waals surface area contributed by atoms with E-state index in [2.05, 4.69) is 51.6 Å². The summed E-state index contributed by atoms with van der Waals surface area (Å²) in [5.74, 6) is 0.540. The van der Waals surface area contributed by atoms with Crippen molar-refractivity contribution >= 4 is 22.6 Å². The Morgan fingerprint density at radius 3 is 2.66 bits per heavy atom. The van der Waals surface area contributed by atoms with Gasteiger partial charge in [-0.3, -0.25) is 4.79 Å². The van der Waals surface area contributed by atoms with Crippen LogP contribution in [0.15, 0.2) is 79.0 Å². The number of anilines is 1. The van der Waals surface area contributed by atoms with Gasteiger partial charge in [0.05, 0.1) is 17.3 Å². The number of rotatable bonds is 4. The first-order valence-electron chi connectivity index (χ1n) is 10.6. The minimum atomic E-state index is -0.132. The maximum atomic E-state index is 12.5. The van der Waals surface area contributed by atoms with Crippen LogP contribution in [-0.4, -0.2) is 35.0 Å². The molecular weight excluding hydrogens is 398 g/mol. The Bertz CT molecular complexity index is 1330. The molecule has 0 aliphatic carbocycles. The number of nitrogens with one attached hydrogen (secondary N) is 1. The number of carbonyl (C=O) groups excluding carboxylic acids is 1. The molecule has 1 saturated heterocycles. The molecule has 156 valence electrons. The average Bonchev–Trinajstić information content (AvgIpc) is 3.32. The quantitative estimate of drug-likeness (QED) is 0.537. The molecule has 6 heteroatoms. The third-order valence-electron chi connectivity index (χ3n) is 5.77. The maximum absolute atomic E-state index is 12.5. The summed E-state index contributed by atoms with van der Waals surface area (Å²) in [6, 6.07) is 25.3. The van der Waals surface area contributed by atoms with E-state index in [1.807, 2.05) is 18.2 Å². The largest absolute Gasteiger partial charge is 0.347 e. The summed E-state index contributed by atoms with van der Waals surface area (Å²) >= 11 is 0. The van der Waals surface area contributed by atoms with Gasteiger partial charge in [-0.25, -0.2) is 9.97 Å². The lowest BCUT2D eigenvalue weighted by atomic mass is 10.1. The molecule has 4 aromatic rings. The molecule has 1 aromatic heterocycles. The summed E-state index contributed by atoms with van der Waals surface area (Å²) in [7, 11) is 0. The van der Waals surface area contributed by atoms with Gasteiger partial charge in [0.2, 0.25) is 5.95 Å². The van der Waals surface area contributed by atoms with E-state index in [0.717, 1.165) is 24.2 Å². The van der Waals surface area contributed by atoms with Gasteiger partial charge in [0, 0.05) is 36.5 Å². The first kappa shape index (κ1) is 19.7. The van der Waals surface area contributed by atoms with E-state index >= 15 is 0 Å². The molecule has 1 aliphatic heterocycles. The Labute approximate surface area is 186 Å². The van der Waals surface area contributed by atoms with Crippen molar-refractivity contribution < 1.29 is 4.79 Å². The lowest BCUT2D eigenvalue weighted by Crippen LogP contribution is -2.37. The second-order valence-electron chi connectivity index (χ2n) is 7.90. The summed E-state index contributed by atoms with van der Waals surface area (Å²) in [5, 5.41) is 14.4. The molecule has 0 spiro atoms. The van der Waals surface area contributed by atoms with Crippen LogP contribution in [-0.2, 0) is 0 Å². The molecular formula is C26H21N5O. The van der Waals surface area contributed by atoms with Gasteiger partial charge in [-0.1, -0.05) is 36.4 Å². The predicted octanol–water partition coefficient (Wildman–Crippen LogP) is 4.18. The molecule has 1 amide bonds. The Hall–Kier alpha value is -4.24. The minimum absolute atomic E-state index is 0.0195. The van der Waals surface area contributed by atoms with Crippen molar-refractivity contribution in [3.63, 3.8) is 0 Å². The molecule has 3 aromatic carbocycles. The standard InChI is InChI=1S/C26H21N5O/c27-16-18-5-7-20(8-6-18)25(32)29-23-12-14-31(17-23)26-28-13-11-24(30-26)22-10-9-19-3-1-2-4-21(19)15-22/h1-11,13,15,23H,12,14,17H2,(H,29,32)/t23-/m0/s1. The number of hydrogen-bond acceptors (Lipinski definition) is 5. The van der Waals surface area contributed by atoms with Gasteiger partial charge in [0.1, 0.15) is 0 Å². The molecule has 1 aliphatic rings. The Balaban J connectivity index is 1.28. The van der Waals surface area contributed by atoms with Crippen LogP contribution in [0.2, 0.25) is 0 Å². The van der Waals surface area contributed by atoms with Crippen LogP contribution in [0, 0.1) is 11.3 Å². The van der Waals surface area contributed by atoms with Crippen molar-refractivity contribution in [2.75, 3.05) is 18.0 Å². The van der Waals surface area contributed by atoms with Gasteiger partial charge in [-0.2, -0.15) is 5.26 Å². The molecule has 2 heterocycles. The van der Waals surface area contributed by atoms with Crippen molar-refractivity contribution in [2.45, 2.75) is 12.5 Å². The maximum Gasteiger partial charge on any atom is 0.251 e. The molecule has 0 saturated carbocycles. The van der Waals surface area contributed by atoms with Crippen molar-refractivity contribution in [3.05, 3.63) is 90.1 Å². The molecule has 0 unspecified atom stereocenters. The number of benzene rings is 3. The van der Waals surface area contributed by atoms with Gasteiger partial charge in [-0.15, -0.1) is 0 Å². The van der Waals surface area contributed by atoms with Gasteiger partial charge >= 0.3 is 0 Å². The molecule has 1 atom stereocenters. The van der Waals surface area contributed by atoms with Gasteiger partial charge in [0.15, 0.2) is 0 Å². The van der Waals surface area contributed by atoms with Gasteiger partial charge in [0.25, 0.3) is 5.91 Å². The van der Waals surface area contributed by atoms with Crippen LogP contribution in [0.1, 0.15) is 22.3 Å². The second-order valence-corrected chi connectivity index (χ2v) is 7.90. The molecule has 0 bridgehead atoms. The molecule has 0 radical (unpaired) electrons. The number of nitrogens with zero attached hydrogens (tertiary/aromatic N) is 4. The van der Waals surface area contributed by atoms with E-state index in [1.165, 1.54) is 10.8 Å². The number of hydrogen-bond donors (Lipinski definition) is 1. The highest BCUT2D eigenvalue weighted by Gasteiger charge is 2.26. The van der Waals surface area contributed by atoms with Crippen LogP contribution < -0.4 is 10.2 Å². The highest BCUT2D eigenvalue weighted by molar-refractivity contribution is 5.94. The fraction of sp³-hybridized carbons (Fsp3) is 0.154. The van der Waals surface area contributed by atoms with Gasteiger partial charge in [-0.05, 0) is 53.6 Å². The summed E-state index contributed by atoms with van der Waals surface area (Å²) in [6.45, 7) is 1.43. The van der Waals surface area contributed by atoms with E-state index in [0.29, 0.717) is 23.6 Å². The Morgan fingerprint density at radius 2 is 1.84 bits per heavy atom. The molecule has 32 heavy (non-hydrogen) atoms. The van der Waals surface area contributed by atoms with Crippen LogP contribution in [0.3, 0.4) is 0 Å². The third-order valence-corrected chi connectivity index (χ3v) is 5.77. The highest BCUT2D eigenvalue weighted by Crippen LogP contribution is 2.25. The predicted molar refractivity (Wildman–Crippen MR) is 124 cm³/mol.